The monoisotopic (exact) mass is 394 g/mol. The molecule has 0 unspecified atom stereocenters. The molecule has 0 aliphatic carbocycles. The van der Waals surface area contributed by atoms with E-state index >= 15 is 0 Å². The molecule has 0 spiro atoms. The molecular weight excluding hydrogens is 381 g/mol. The minimum atomic E-state index is -0.241. The first kappa shape index (κ1) is 21.1. The van der Waals surface area contributed by atoms with Crippen molar-refractivity contribution in [2.24, 2.45) is 0 Å². The number of benzene rings is 1. The van der Waals surface area contributed by atoms with Crippen molar-refractivity contribution < 1.29 is 42.9 Å². The van der Waals surface area contributed by atoms with Crippen molar-refractivity contribution in [2.75, 3.05) is 0 Å². The topological polar surface area (TPSA) is 24.8 Å². The molecule has 1 aromatic carbocycles. The van der Waals surface area contributed by atoms with Gasteiger partial charge in [0.15, 0.2) is 0 Å². The minimum Gasteiger partial charge on any atom is -1.00 e. The second kappa shape index (κ2) is 10.1. The third kappa shape index (κ3) is 5.52. The quantitative estimate of drug-likeness (QED) is 0.351. The molecule has 3 nitrogen and oxygen atoms in total. The zero-order chi connectivity index (χ0) is 16.1. The van der Waals surface area contributed by atoms with E-state index in [1.165, 1.54) is 12.1 Å². The van der Waals surface area contributed by atoms with E-state index in [1.54, 1.807) is 12.1 Å². The average Bonchev–Trinajstić information content (AvgIpc) is 2.61. The van der Waals surface area contributed by atoms with Crippen molar-refractivity contribution in [3.8, 4) is 22.4 Å². The Morgan fingerprint density at radius 3 is 1.88 bits per heavy atom. The molecule has 0 saturated heterocycles. The Morgan fingerprint density at radius 2 is 1.36 bits per heavy atom. The Kier molecular flexibility index (Phi) is 8.54. The minimum absolute atomic E-state index is 0. The van der Waals surface area contributed by atoms with Crippen LogP contribution in [0.25, 0.3) is 16.8 Å². The van der Waals surface area contributed by atoms with E-state index < -0.39 is 0 Å². The number of hydrogen-bond donors (Lipinski definition) is 0. The maximum atomic E-state index is 13.0. The standard InChI is InChI=1S/C18H14FN2OP.2ClH/c19-17-1-3-18(4-2-17)21-11-7-16(8-12-21)15-5-9-20(10-6-15)13-14-23-22;;/h1-12H,13H2;2*1H/q+2;;/p-2. The largest absolute Gasteiger partial charge is 1.00 e. The zero-order valence-electron chi connectivity index (χ0n) is 13.0. The number of rotatable bonds is 3. The van der Waals surface area contributed by atoms with Crippen LogP contribution in [0.1, 0.15) is 0 Å². The molecule has 3 rings (SSSR count). The van der Waals surface area contributed by atoms with Gasteiger partial charge in [0.25, 0.3) is 0 Å². The van der Waals surface area contributed by atoms with Gasteiger partial charge in [-0.2, -0.15) is 0 Å². The summed E-state index contributed by atoms with van der Waals surface area (Å²) >= 11 is 0. The van der Waals surface area contributed by atoms with Crippen LogP contribution in [-0.2, 0) is 11.1 Å². The second-order valence-electron chi connectivity index (χ2n) is 4.98. The molecule has 0 aliphatic rings. The molecule has 0 N–H and O–H groups in total. The van der Waals surface area contributed by atoms with Crippen LogP contribution >= 0.6 is 7.92 Å². The van der Waals surface area contributed by atoms with Crippen LogP contribution in [0.15, 0.2) is 73.3 Å². The summed E-state index contributed by atoms with van der Waals surface area (Å²) in [5.41, 5.74) is 5.79. The average molecular weight is 395 g/mol. The number of nitrogens with zero attached hydrogens (tertiary/aromatic N) is 2. The first-order chi connectivity index (χ1) is 11.3. The Morgan fingerprint density at radius 1 is 0.840 bits per heavy atom. The van der Waals surface area contributed by atoms with Gasteiger partial charge in [0, 0.05) is 0 Å². The Labute approximate surface area is 159 Å². The van der Waals surface area contributed by atoms with Gasteiger partial charge < -0.3 is 24.8 Å². The van der Waals surface area contributed by atoms with E-state index in [0.717, 1.165) is 16.8 Å². The molecule has 2 aromatic heterocycles. The van der Waals surface area contributed by atoms with Gasteiger partial charge in [-0.05, 0) is 12.1 Å². The number of aromatic nitrogens is 2. The van der Waals surface area contributed by atoms with Crippen molar-refractivity contribution >= 4 is 7.92 Å². The van der Waals surface area contributed by atoms with Crippen molar-refractivity contribution in [1.82, 2.24) is 0 Å². The molecule has 0 saturated carbocycles. The van der Waals surface area contributed by atoms with Gasteiger partial charge in [-0.3, -0.25) is 0 Å². The summed E-state index contributed by atoms with van der Waals surface area (Å²) in [5, 5.41) is 0. The number of hydrogen-bond acceptors (Lipinski definition) is 1. The van der Waals surface area contributed by atoms with Crippen molar-refractivity contribution in [1.29, 1.82) is 0 Å². The van der Waals surface area contributed by atoms with Gasteiger partial charge in [0.05, 0.1) is 0 Å². The van der Waals surface area contributed by atoms with Gasteiger partial charge in [-0.15, -0.1) is 0 Å². The van der Waals surface area contributed by atoms with Crippen molar-refractivity contribution in [3.63, 3.8) is 0 Å². The summed E-state index contributed by atoms with van der Waals surface area (Å²) in [4.78, 5) is 0. The smallest absolute Gasteiger partial charge is 1.00 e. The molecule has 7 heteroatoms. The van der Waals surface area contributed by atoms with Gasteiger partial charge in [-0.25, -0.2) is 4.39 Å². The first-order valence-electron chi connectivity index (χ1n) is 7.08. The summed E-state index contributed by atoms with van der Waals surface area (Å²) in [7, 11) is -0.0798. The third-order valence-electron chi connectivity index (χ3n) is 3.50. The maximum Gasteiger partial charge on any atom is -1.00 e. The summed E-state index contributed by atoms with van der Waals surface area (Å²) in [6.45, 7) is 0.491. The van der Waals surface area contributed by atoms with Crippen molar-refractivity contribution in [3.05, 3.63) is 79.1 Å². The Balaban J connectivity index is 0.00000156. The van der Waals surface area contributed by atoms with Crippen LogP contribution < -0.4 is 33.9 Å². The molecule has 0 fully saturated rings. The molecule has 0 atom stereocenters. The summed E-state index contributed by atoms with van der Waals surface area (Å²) < 4.78 is 27.2. The fourth-order valence-corrected chi connectivity index (χ4v) is 2.49. The van der Waals surface area contributed by atoms with E-state index in [2.05, 4.69) is 5.63 Å². The zero-order valence-corrected chi connectivity index (χ0v) is 15.4. The van der Waals surface area contributed by atoms with E-state index in [9.17, 15) is 8.96 Å². The number of halogens is 3. The van der Waals surface area contributed by atoms with Crippen LogP contribution in [0.5, 0.6) is 0 Å². The van der Waals surface area contributed by atoms with Crippen LogP contribution in [0.4, 0.5) is 4.39 Å². The first-order valence-corrected chi connectivity index (χ1v) is 7.89. The Bertz CT molecular complexity index is 912. The Hall–Kier alpha value is -1.96. The summed E-state index contributed by atoms with van der Waals surface area (Å²) in [6, 6.07) is 14.4. The molecule has 0 aliphatic heterocycles. The van der Waals surface area contributed by atoms with Crippen LogP contribution in [0, 0.1) is 11.4 Å². The predicted octanol–water partition coefficient (Wildman–Crippen LogP) is -2.68. The molecule has 128 valence electrons. The summed E-state index contributed by atoms with van der Waals surface area (Å²) in [6.07, 6.45) is 7.74. The van der Waals surface area contributed by atoms with Gasteiger partial charge >= 0.3 is 112 Å². The van der Waals surface area contributed by atoms with E-state index in [-0.39, 0.29) is 38.5 Å². The van der Waals surface area contributed by atoms with Gasteiger partial charge in [0.2, 0.25) is 0 Å². The van der Waals surface area contributed by atoms with Crippen molar-refractivity contribution in [2.45, 2.75) is 6.54 Å². The molecule has 3 aromatic rings. The van der Waals surface area contributed by atoms with E-state index in [4.69, 9.17) is 0 Å². The van der Waals surface area contributed by atoms with E-state index in [1.807, 2.05) is 58.2 Å². The van der Waals surface area contributed by atoms with Crippen LogP contribution in [0.3, 0.4) is 0 Å². The third-order valence-corrected chi connectivity index (χ3v) is 3.77. The SMILES string of the molecule is O=P#CC[n+]1ccc(-c2cc[n+](-c3ccc(F)cc3)cc2)cc1.[Cl-].[Cl-]. The van der Waals surface area contributed by atoms with Gasteiger partial charge in [0.1, 0.15) is 5.82 Å². The molecular formula is C18H14Cl2FN2OP. The number of pyridine rings is 2. The molecule has 0 bridgehead atoms. The molecule has 2 heterocycles. The molecule has 25 heavy (non-hydrogen) atoms. The molecule has 0 radical (unpaired) electrons. The molecule has 0 amide bonds. The maximum absolute atomic E-state index is 13.0. The fourth-order valence-electron chi connectivity index (χ4n) is 2.27. The van der Waals surface area contributed by atoms with E-state index in [0.29, 0.717) is 6.54 Å². The van der Waals surface area contributed by atoms with Crippen LogP contribution in [-0.4, -0.2) is 0 Å². The normalized spacial score (nSPS) is 9.32. The van der Waals surface area contributed by atoms with Gasteiger partial charge in [-0.1, -0.05) is 0 Å². The second-order valence-corrected chi connectivity index (χ2v) is 5.48. The fraction of sp³-hybridized carbons (Fsp3) is 0.0556. The van der Waals surface area contributed by atoms with Crippen LogP contribution in [0.2, 0.25) is 0 Å². The predicted molar refractivity (Wildman–Crippen MR) is 85.1 cm³/mol. The summed E-state index contributed by atoms with van der Waals surface area (Å²) in [5.74, 6) is -0.241.